The van der Waals surface area contributed by atoms with Gasteiger partial charge in [-0.05, 0) is 35.9 Å². The van der Waals surface area contributed by atoms with Gasteiger partial charge in [-0.25, -0.2) is 0 Å². The summed E-state index contributed by atoms with van der Waals surface area (Å²) in [5, 5.41) is 10.5. The molecule has 1 saturated heterocycles. The molecule has 0 bridgehead atoms. The molecule has 2 N–H and O–H groups in total. The first kappa shape index (κ1) is 21.4. The summed E-state index contributed by atoms with van der Waals surface area (Å²) in [5.41, 5.74) is 3.45. The second kappa shape index (κ2) is 9.19. The van der Waals surface area contributed by atoms with Crippen LogP contribution < -0.4 is 10.6 Å². The Balaban J connectivity index is 1.25. The molecule has 2 heterocycles. The highest BCUT2D eigenvalue weighted by Gasteiger charge is 2.22. The van der Waals surface area contributed by atoms with Crippen molar-refractivity contribution >= 4 is 28.6 Å². The van der Waals surface area contributed by atoms with Gasteiger partial charge in [0.2, 0.25) is 5.91 Å². The van der Waals surface area contributed by atoms with Crippen molar-refractivity contribution in [3.05, 3.63) is 89.5 Å². The lowest BCUT2D eigenvalue weighted by molar-refractivity contribution is -0.123. The minimum atomic E-state index is -0.221. The van der Waals surface area contributed by atoms with Crippen LogP contribution in [0.2, 0.25) is 0 Å². The van der Waals surface area contributed by atoms with E-state index in [4.69, 9.17) is 4.52 Å². The standard InChI is InChI=1S/C26H22N4O4/c31-23-16-30(13-12-27-23)26(33)19-8-6-17(7-9-19)15-28-25(32)20-10-11-22-21(14-20)24(34-29-22)18-4-2-1-3-5-18/h1-11,14H,12-13,15-16H2,(H,27,31)(H,28,32). The van der Waals surface area contributed by atoms with Crippen molar-refractivity contribution < 1.29 is 18.9 Å². The van der Waals surface area contributed by atoms with E-state index >= 15 is 0 Å². The number of carbonyl (C=O) groups excluding carboxylic acids is 3. The number of carbonyl (C=O) groups is 3. The molecule has 0 saturated carbocycles. The van der Waals surface area contributed by atoms with E-state index in [1.165, 1.54) is 4.90 Å². The predicted octanol–water partition coefficient (Wildman–Crippen LogP) is 3.00. The second-order valence-electron chi connectivity index (χ2n) is 8.07. The molecule has 8 nitrogen and oxygen atoms in total. The van der Waals surface area contributed by atoms with E-state index in [9.17, 15) is 14.4 Å². The summed E-state index contributed by atoms with van der Waals surface area (Å²) in [6.45, 7) is 1.33. The second-order valence-corrected chi connectivity index (χ2v) is 8.07. The molecular formula is C26H22N4O4. The summed E-state index contributed by atoms with van der Waals surface area (Å²) in [6, 6.07) is 21.9. The van der Waals surface area contributed by atoms with Gasteiger partial charge in [0.25, 0.3) is 11.8 Å². The molecule has 0 spiro atoms. The molecule has 0 unspecified atom stereocenters. The Morgan fingerprint density at radius 3 is 2.53 bits per heavy atom. The minimum Gasteiger partial charge on any atom is -0.355 e. The normalized spacial score (nSPS) is 13.5. The van der Waals surface area contributed by atoms with E-state index in [-0.39, 0.29) is 24.3 Å². The van der Waals surface area contributed by atoms with Gasteiger partial charge in [0.05, 0.1) is 11.9 Å². The number of hydrogen-bond acceptors (Lipinski definition) is 5. The summed E-state index contributed by atoms with van der Waals surface area (Å²) in [4.78, 5) is 38.4. The Kier molecular flexibility index (Phi) is 5.78. The van der Waals surface area contributed by atoms with Gasteiger partial charge < -0.3 is 20.1 Å². The Bertz CT molecular complexity index is 1360. The zero-order valence-corrected chi connectivity index (χ0v) is 18.3. The van der Waals surface area contributed by atoms with Crippen LogP contribution in [0.1, 0.15) is 26.3 Å². The predicted molar refractivity (Wildman–Crippen MR) is 126 cm³/mol. The number of fused-ring (bicyclic) bond motifs is 1. The zero-order chi connectivity index (χ0) is 23.5. The molecule has 0 radical (unpaired) electrons. The van der Waals surface area contributed by atoms with Gasteiger partial charge in [-0.3, -0.25) is 14.4 Å². The van der Waals surface area contributed by atoms with Gasteiger partial charge in [0.15, 0.2) is 5.76 Å². The molecule has 3 amide bonds. The maximum absolute atomic E-state index is 12.8. The fourth-order valence-corrected chi connectivity index (χ4v) is 3.92. The van der Waals surface area contributed by atoms with Crippen molar-refractivity contribution in [2.24, 2.45) is 0 Å². The molecule has 1 fully saturated rings. The number of benzene rings is 3. The highest BCUT2D eigenvalue weighted by molar-refractivity contribution is 6.01. The van der Waals surface area contributed by atoms with Crippen LogP contribution in [0.3, 0.4) is 0 Å². The van der Waals surface area contributed by atoms with Crippen molar-refractivity contribution in [1.82, 2.24) is 20.7 Å². The van der Waals surface area contributed by atoms with E-state index in [0.717, 1.165) is 16.5 Å². The van der Waals surface area contributed by atoms with Crippen molar-refractivity contribution in [3.8, 4) is 11.3 Å². The Morgan fingerprint density at radius 2 is 1.76 bits per heavy atom. The molecule has 8 heteroatoms. The van der Waals surface area contributed by atoms with Gasteiger partial charge in [0.1, 0.15) is 5.52 Å². The van der Waals surface area contributed by atoms with Crippen LogP contribution in [-0.4, -0.2) is 47.4 Å². The van der Waals surface area contributed by atoms with Crippen LogP contribution in [-0.2, 0) is 11.3 Å². The molecule has 5 rings (SSSR count). The molecule has 34 heavy (non-hydrogen) atoms. The van der Waals surface area contributed by atoms with Crippen LogP contribution in [0.5, 0.6) is 0 Å². The van der Waals surface area contributed by atoms with E-state index in [2.05, 4.69) is 15.8 Å². The van der Waals surface area contributed by atoms with E-state index in [1.807, 2.05) is 30.3 Å². The largest absolute Gasteiger partial charge is 0.355 e. The van der Waals surface area contributed by atoms with Crippen molar-refractivity contribution in [3.63, 3.8) is 0 Å². The smallest absolute Gasteiger partial charge is 0.254 e. The molecule has 0 aliphatic carbocycles. The van der Waals surface area contributed by atoms with Crippen LogP contribution >= 0.6 is 0 Å². The number of nitrogens with one attached hydrogen (secondary N) is 2. The fourth-order valence-electron chi connectivity index (χ4n) is 3.92. The third kappa shape index (κ3) is 4.38. The van der Waals surface area contributed by atoms with E-state index in [1.54, 1.807) is 42.5 Å². The number of nitrogens with zero attached hydrogens (tertiary/aromatic N) is 2. The first-order chi connectivity index (χ1) is 16.6. The summed E-state index contributed by atoms with van der Waals surface area (Å²) in [5.74, 6) is 0.0687. The topological polar surface area (TPSA) is 105 Å². The molecule has 0 atom stereocenters. The average Bonchev–Trinajstić information content (AvgIpc) is 3.31. The average molecular weight is 454 g/mol. The zero-order valence-electron chi connectivity index (χ0n) is 18.3. The van der Waals surface area contributed by atoms with E-state index in [0.29, 0.717) is 42.0 Å². The first-order valence-corrected chi connectivity index (χ1v) is 11.0. The van der Waals surface area contributed by atoms with Gasteiger partial charge in [-0.15, -0.1) is 0 Å². The minimum absolute atomic E-state index is 0.0686. The summed E-state index contributed by atoms with van der Waals surface area (Å²) in [7, 11) is 0. The Morgan fingerprint density at radius 1 is 1.00 bits per heavy atom. The molecule has 1 aromatic heterocycles. The highest BCUT2D eigenvalue weighted by Crippen LogP contribution is 2.29. The van der Waals surface area contributed by atoms with Gasteiger partial charge in [-0.1, -0.05) is 47.6 Å². The summed E-state index contributed by atoms with van der Waals surface area (Å²) >= 11 is 0. The lowest BCUT2D eigenvalue weighted by atomic mass is 10.1. The number of hydrogen-bond donors (Lipinski definition) is 2. The number of amides is 3. The van der Waals surface area contributed by atoms with Crippen LogP contribution in [0.4, 0.5) is 0 Å². The van der Waals surface area contributed by atoms with Crippen LogP contribution in [0, 0.1) is 0 Å². The Labute approximate surface area is 195 Å². The quantitative estimate of drug-likeness (QED) is 0.482. The van der Waals surface area contributed by atoms with Gasteiger partial charge in [-0.2, -0.15) is 0 Å². The van der Waals surface area contributed by atoms with Gasteiger partial charge in [0, 0.05) is 36.3 Å². The molecular weight excluding hydrogens is 432 g/mol. The maximum Gasteiger partial charge on any atom is 0.254 e. The lowest BCUT2D eigenvalue weighted by Crippen LogP contribution is -2.49. The van der Waals surface area contributed by atoms with Crippen LogP contribution in [0.25, 0.3) is 22.2 Å². The van der Waals surface area contributed by atoms with E-state index < -0.39 is 0 Å². The monoisotopic (exact) mass is 454 g/mol. The van der Waals surface area contributed by atoms with Gasteiger partial charge >= 0.3 is 0 Å². The SMILES string of the molecule is O=C1CN(C(=O)c2ccc(CNC(=O)c3ccc4noc(-c5ccccc5)c4c3)cc2)CCN1. The molecule has 170 valence electrons. The molecule has 1 aliphatic heterocycles. The molecule has 4 aromatic rings. The highest BCUT2D eigenvalue weighted by atomic mass is 16.5. The summed E-state index contributed by atoms with van der Waals surface area (Å²) in [6.07, 6.45) is 0. The lowest BCUT2D eigenvalue weighted by Gasteiger charge is -2.26. The molecule has 1 aliphatic rings. The third-order valence-electron chi connectivity index (χ3n) is 5.75. The number of rotatable bonds is 5. The molecule has 3 aromatic carbocycles. The maximum atomic E-state index is 12.8. The fraction of sp³-hybridized carbons (Fsp3) is 0.154. The van der Waals surface area contributed by atoms with Crippen molar-refractivity contribution in [2.45, 2.75) is 6.54 Å². The van der Waals surface area contributed by atoms with Crippen LogP contribution in [0.15, 0.2) is 77.3 Å². The number of aromatic nitrogens is 1. The summed E-state index contributed by atoms with van der Waals surface area (Å²) < 4.78 is 5.51. The Hall–Kier alpha value is -4.46. The van der Waals surface area contributed by atoms with Crippen molar-refractivity contribution in [2.75, 3.05) is 19.6 Å². The van der Waals surface area contributed by atoms with Crippen molar-refractivity contribution in [1.29, 1.82) is 0 Å². The first-order valence-electron chi connectivity index (χ1n) is 11.0. The number of piperazine rings is 1. The third-order valence-corrected chi connectivity index (χ3v) is 5.75.